The molecule has 0 amide bonds. The summed E-state index contributed by atoms with van der Waals surface area (Å²) in [6.45, 7) is 18.3. The van der Waals surface area contributed by atoms with Gasteiger partial charge in [-0.2, -0.15) is 0 Å². The number of carbonyl (C=O) groups is 3. The molecule has 1 heterocycles. The molecule has 0 bridgehead atoms. The van der Waals surface area contributed by atoms with Crippen molar-refractivity contribution in [1.29, 1.82) is 0 Å². The molecule has 5 heteroatoms. The van der Waals surface area contributed by atoms with Gasteiger partial charge in [0.25, 0.3) is 0 Å². The van der Waals surface area contributed by atoms with E-state index in [1.807, 2.05) is 13.0 Å². The highest BCUT2D eigenvalue weighted by molar-refractivity contribution is 5.92. The number of fused-ring (bicyclic) bond motifs is 3. The van der Waals surface area contributed by atoms with Crippen LogP contribution in [0.4, 0.5) is 0 Å². The maximum absolute atomic E-state index is 13.1. The van der Waals surface area contributed by atoms with Crippen LogP contribution in [0.2, 0.25) is 0 Å². The quantitative estimate of drug-likeness (QED) is 0.486. The van der Waals surface area contributed by atoms with Crippen molar-refractivity contribution in [2.24, 2.45) is 39.4 Å². The Labute approximate surface area is 212 Å². The Bertz CT molecular complexity index is 883. The number of aliphatic hydroxyl groups excluding tert-OH is 1. The Morgan fingerprint density at radius 1 is 1.17 bits per heavy atom. The molecule has 0 radical (unpaired) electrons. The number of ketones is 2. The third kappa shape index (κ3) is 4.14. The smallest absolute Gasteiger partial charge is 0.305 e. The molecule has 5 nitrogen and oxygen atoms in total. The van der Waals surface area contributed by atoms with E-state index in [0.717, 1.165) is 25.7 Å². The number of allylic oxidation sites excluding steroid dienone is 2. The molecule has 0 aromatic rings. The molecule has 35 heavy (non-hydrogen) atoms. The second-order valence-electron chi connectivity index (χ2n) is 12.6. The van der Waals surface area contributed by atoms with E-state index in [2.05, 4.69) is 53.2 Å². The number of hydrogen-bond acceptors (Lipinski definition) is 5. The van der Waals surface area contributed by atoms with Gasteiger partial charge in [-0.1, -0.05) is 61.0 Å². The van der Waals surface area contributed by atoms with Crippen molar-refractivity contribution < 1.29 is 24.2 Å². The van der Waals surface area contributed by atoms with Crippen LogP contribution in [0.15, 0.2) is 11.6 Å². The first-order chi connectivity index (χ1) is 16.2. The van der Waals surface area contributed by atoms with Crippen molar-refractivity contribution in [3.05, 3.63) is 11.6 Å². The van der Waals surface area contributed by atoms with Crippen molar-refractivity contribution in [2.75, 3.05) is 6.61 Å². The number of ether oxygens (including phenoxy) is 1. The van der Waals surface area contributed by atoms with Gasteiger partial charge >= 0.3 is 5.97 Å². The van der Waals surface area contributed by atoms with Gasteiger partial charge in [-0.15, -0.1) is 0 Å². The molecule has 4 rings (SSSR count). The summed E-state index contributed by atoms with van der Waals surface area (Å²) < 4.78 is 4.51. The van der Waals surface area contributed by atoms with E-state index < -0.39 is 11.5 Å². The Morgan fingerprint density at radius 3 is 2.31 bits per heavy atom. The molecule has 1 N–H and O–H groups in total. The molecule has 0 aromatic heterocycles. The number of hydrogen-bond donors (Lipinski definition) is 1. The first kappa shape index (κ1) is 28.1. The van der Waals surface area contributed by atoms with E-state index in [-0.39, 0.29) is 28.0 Å². The molecule has 4 unspecified atom stereocenters. The minimum Gasteiger partial charge on any atom is -0.466 e. The lowest BCUT2D eigenvalue weighted by molar-refractivity contribution is -0.217. The topological polar surface area (TPSA) is 80.7 Å². The summed E-state index contributed by atoms with van der Waals surface area (Å²) >= 11 is 0. The van der Waals surface area contributed by atoms with Gasteiger partial charge in [0.05, 0.1) is 12.7 Å². The van der Waals surface area contributed by atoms with Crippen LogP contribution in [0, 0.1) is 39.4 Å². The van der Waals surface area contributed by atoms with Crippen molar-refractivity contribution in [3.63, 3.8) is 0 Å². The van der Waals surface area contributed by atoms with Crippen molar-refractivity contribution in [3.8, 4) is 0 Å². The zero-order chi connectivity index (χ0) is 26.4. The van der Waals surface area contributed by atoms with Crippen LogP contribution >= 0.6 is 0 Å². The second kappa shape index (κ2) is 9.76. The van der Waals surface area contributed by atoms with Gasteiger partial charge in [0, 0.05) is 30.1 Å². The van der Waals surface area contributed by atoms with Gasteiger partial charge in [-0.3, -0.25) is 14.4 Å². The lowest BCUT2D eigenvalue weighted by atomic mass is 9.35. The number of rotatable bonds is 4. The fourth-order valence-corrected chi connectivity index (χ4v) is 8.44. The third-order valence-electron chi connectivity index (χ3n) is 11.5. The maximum atomic E-state index is 13.1. The van der Waals surface area contributed by atoms with E-state index in [1.165, 1.54) is 5.57 Å². The summed E-state index contributed by atoms with van der Waals surface area (Å²) in [5.41, 5.74) is 0.169. The number of carbonyl (C=O) groups excluding carboxylic acids is 3. The SMILES string of the molecule is CCC(=O)[C@@](C)(CC)[C@@]1(C)C[C@H](O)C2(C)C(CC(C)C3=CC(=O)CC[C@@]32C)C1C.O=C1CCCO1. The van der Waals surface area contributed by atoms with E-state index in [0.29, 0.717) is 55.8 Å². The normalized spacial score (nSPS) is 42.5. The number of Topliss-reactive ketones (excluding diaryl/α,β-unsaturated/α-hetero) is 1. The molecular formula is C30H48O5. The minimum atomic E-state index is -0.474. The fourth-order valence-electron chi connectivity index (χ4n) is 8.44. The minimum absolute atomic E-state index is 0.0463. The average molecular weight is 489 g/mol. The number of esters is 1. The standard InChI is InChI=1S/C26H42O3.C4H6O2/c1-9-21(28)23(5,10-2)25(7)15-22(29)26(8)20(17(25)4)13-16(3)19-14-18(27)11-12-24(19,26)6;5-4-2-1-3-6-4/h14,16-17,20,22,29H,9-13,15H2,1-8H3;1-3H2/t16?,17?,20?,22-,23+,24-,25-,26?;/m0./s1. The highest BCUT2D eigenvalue weighted by Gasteiger charge is 2.68. The lowest BCUT2D eigenvalue weighted by Crippen LogP contribution is -2.67. The molecule has 4 aliphatic rings. The van der Waals surface area contributed by atoms with Crippen LogP contribution in [0.3, 0.4) is 0 Å². The maximum Gasteiger partial charge on any atom is 0.305 e. The van der Waals surface area contributed by atoms with Crippen molar-refractivity contribution in [2.45, 2.75) is 113 Å². The summed E-state index contributed by atoms with van der Waals surface area (Å²) in [5.74, 6) is 1.52. The van der Waals surface area contributed by atoms with Gasteiger partial charge < -0.3 is 9.84 Å². The van der Waals surface area contributed by atoms with E-state index in [9.17, 15) is 19.5 Å². The summed E-state index contributed by atoms with van der Waals surface area (Å²) in [4.78, 5) is 35.4. The summed E-state index contributed by atoms with van der Waals surface area (Å²) in [5, 5.41) is 11.8. The second-order valence-corrected chi connectivity index (χ2v) is 12.6. The van der Waals surface area contributed by atoms with Crippen LogP contribution in [-0.2, 0) is 19.1 Å². The predicted octanol–water partition coefficient (Wildman–Crippen LogP) is 6.07. The van der Waals surface area contributed by atoms with Gasteiger partial charge in [-0.05, 0) is 66.8 Å². The molecule has 2 saturated carbocycles. The molecule has 0 spiro atoms. The molecule has 3 fully saturated rings. The van der Waals surface area contributed by atoms with Crippen molar-refractivity contribution in [1.82, 2.24) is 0 Å². The Morgan fingerprint density at radius 2 is 1.83 bits per heavy atom. The molecular weight excluding hydrogens is 440 g/mol. The Hall–Kier alpha value is -1.49. The van der Waals surface area contributed by atoms with E-state index >= 15 is 0 Å². The molecule has 0 aromatic carbocycles. The van der Waals surface area contributed by atoms with E-state index in [1.54, 1.807) is 0 Å². The monoisotopic (exact) mass is 488 g/mol. The molecule has 8 atom stereocenters. The largest absolute Gasteiger partial charge is 0.466 e. The Kier molecular flexibility index (Phi) is 7.83. The fraction of sp³-hybridized carbons (Fsp3) is 0.833. The predicted molar refractivity (Wildman–Crippen MR) is 138 cm³/mol. The number of aliphatic hydroxyl groups is 1. The van der Waals surface area contributed by atoms with Crippen LogP contribution in [0.25, 0.3) is 0 Å². The van der Waals surface area contributed by atoms with Gasteiger partial charge in [0.15, 0.2) is 5.78 Å². The van der Waals surface area contributed by atoms with Crippen LogP contribution in [0.5, 0.6) is 0 Å². The first-order valence-corrected chi connectivity index (χ1v) is 13.8. The van der Waals surface area contributed by atoms with Crippen LogP contribution in [0.1, 0.15) is 107 Å². The van der Waals surface area contributed by atoms with Gasteiger partial charge in [-0.25, -0.2) is 0 Å². The van der Waals surface area contributed by atoms with Gasteiger partial charge in [0.1, 0.15) is 5.78 Å². The zero-order valence-electron chi connectivity index (χ0n) is 23.3. The summed E-state index contributed by atoms with van der Waals surface area (Å²) in [7, 11) is 0. The van der Waals surface area contributed by atoms with Crippen LogP contribution in [-0.4, -0.2) is 35.4 Å². The molecule has 1 saturated heterocycles. The first-order valence-electron chi connectivity index (χ1n) is 13.8. The van der Waals surface area contributed by atoms with Crippen molar-refractivity contribution >= 4 is 17.5 Å². The molecule has 1 aliphatic heterocycles. The highest BCUT2D eigenvalue weighted by atomic mass is 16.5. The van der Waals surface area contributed by atoms with E-state index in [4.69, 9.17) is 0 Å². The molecule has 3 aliphatic carbocycles. The summed E-state index contributed by atoms with van der Waals surface area (Å²) in [6.07, 6.45) is 7.37. The number of cyclic esters (lactones) is 1. The third-order valence-corrected chi connectivity index (χ3v) is 11.5. The molecule has 198 valence electrons. The van der Waals surface area contributed by atoms with Crippen LogP contribution < -0.4 is 0 Å². The van der Waals surface area contributed by atoms with Gasteiger partial charge in [0.2, 0.25) is 0 Å². The Balaban J connectivity index is 0.000000497. The summed E-state index contributed by atoms with van der Waals surface area (Å²) in [6, 6.07) is 0. The zero-order valence-corrected chi connectivity index (χ0v) is 23.3. The lowest BCUT2D eigenvalue weighted by Gasteiger charge is -2.69. The highest BCUT2D eigenvalue weighted by Crippen LogP contribution is 2.71. The average Bonchev–Trinajstić information content (AvgIpc) is 3.31.